The lowest BCUT2D eigenvalue weighted by atomic mass is 10.1. The van der Waals surface area contributed by atoms with Gasteiger partial charge in [0.05, 0.1) is 12.8 Å². The standard InChI is InChI=1S/C32H27N3O4S/c1-20-9-12-22(13-10-20)30(36)34-24-14-16-25(17-15-24)40-29-28(33-23-7-5-4-6-8-23)31(37)35(32(29)38)26-19-21(2)11-18-27(26)39-3/h4-19,33H,1-3H3,(H,34,36). The number of thioether (sulfide) groups is 1. The van der Waals surface area contributed by atoms with Crippen LogP contribution in [-0.4, -0.2) is 24.8 Å². The summed E-state index contributed by atoms with van der Waals surface area (Å²) in [5, 5.41) is 6.04. The van der Waals surface area contributed by atoms with Gasteiger partial charge >= 0.3 is 0 Å². The van der Waals surface area contributed by atoms with Crippen molar-refractivity contribution in [2.75, 3.05) is 22.6 Å². The highest BCUT2D eigenvalue weighted by molar-refractivity contribution is 8.04. The van der Waals surface area contributed by atoms with Gasteiger partial charge in [-0.2, -0.15) is 0 Å². The minimum Gasteiger partial charge on any atom is -0.495 e. The number of amides is 3. The summed E-state index contributed by atoms with van der Waals surface area (Å²) in [6.07, 6.45) is 0. The molecule has 0 bridgehead atoms. The van der Waals surface area contributed by atoms with Crippen molar-refractivity contribution in [3.63, 3.8) is 0 Å². The third-order valence-corrected chi connectivity index (χ3v) is 7.40. The van der Waals surface area contributed by atoms with Crippen LogP contribution in [0.1, 0.15) is 21.5 Å². The Hall–Kier alpha value is -4.82. The highest BCUT2D eigenvalue weighted by atomic mass is 32.2. The number of carbonyl (C=O) groups is 3. The summed E-state index contributed by atoms with van der Waals surface area (Å²) in [5.74, 6) is -0.709. The summed E-state index contributed by atoms with van der Waals surface area (Å²) in [6.45, 7) is 3.85. The van der Waals surface area contributed by atoms with Crippen molar-refractivity contribution in [2.24, 2.45) is 0 Å². The number of rotatable bonds is 8. The lowest BCUT2D eigenvalue weighted by Crippen LogP contribution is -2.32. The van der Waals surface area contributed by atoms with Crippen molar-refractivity contribution < 1.29 is 19.1 Å². The first-order valence-electron chi connectivity index (χ1n) is 12.6. The fraction of sp³-hybridized carbons (Fsp3) is 0.0938. The molecule has 1 aliphatic rings. The van der Waals surface area contributed by atoms with Crippen LogP contribution >= 0.6 is 11.8 Å². The number of hydrogen-bond acceptors (Lipinski definition) is 6. The number of anilines is 3. The summed E-state index contributed by atoms with van der Waals surface area (Å²) in [4.78, 5) is 42.2. The van der Waals surface area contributed by atoms with Gasteiger partial charge in [-0.05, 0) is 80.1 Å². The van der Waals surface area contributed by atoms with Crippen LogP contribution in [0.15, 0.2) is 113 Å². The number of aryl methyl sites for hydroxylation is 2. The van der Waals surface area contributed by atoms with Crippen molar-refractivity contribution in [1.29, 1.82) is 0 Å². The van der Waals surface area contributed by atoms with Gasteiger partial charge in [0.25, 0.3) is 17.7 Å². The molecule has 0 saturated carbocycles. The number of para-hydroxylation sites is 1. The third-order valence-electron chi connectivity index (χ3n) is 6.31. The van der Waals surface area contributed by atoms with E-state index in [2.05, 4.69) is 10.6 Å². The molecular formula is C32H27N3O4S. The molecular weight excluding hydrogens is 522 g/mol. The van der Waals surface area contributed by atoms with Gasteiger partial charge in [-0.3, -0.25) is 14.4 Å². The smallest absolute Gasteiger partial charge is 0.283 e. The SMILES string of the molecule is COc1ccc(C)cc1N1C(=O)C(Nc2ccccc2)=C(Sc2ccc(NC(=O)c3ccc(C)cc3)cc2)C1=O. The van der Waals surface area contributed by atoms with Crippen molar-refractivity contribution in [3.8, 4) is 5.75 Å². The molecule has 0 aliphatic carbocycles. The fourth-order valence-corrected chi connectivity index (χ4v) is 5.13. The van der Waals surface area contributed by atoms with Crippen LogP contribution < -0.4 is 20.3 Å². The monoisotopic (exact) mass is 549 g/mol. The number of methoxy groups -OCH3 is 1. The summed E-state index contributed by atoms with van der Waals surface area (Å²) in [6, 6.07) is 29.1. The maximum Gasteiger partial charge on any atom is 0.283 e. The number of nitrogens with zero attached hydrogens (tertiary/aromatic N) is 1. The Morgan fingerprint density at radius 3 is 2.12 bits per heavy atom. The Balaban J connectivity index is 1.43. The fourth-order valence-electron chi connectivity index (χ4n) is 4.21. The molecule has 1 aliphatic heterocycles. The van der Waals surface area contributed by atoms with Crippen LogP contribution in [0.2, 0.25) is 0 Å². The molecule has 0 radical (unpaired) electrons. The number of carbonyl (C=O) groups excluding carboxylic acids is 3. The van der Waals surface area contributed by atoms with Crippen molar-refractivity contribution in [2.45, 2.75) is 18.7 Å². The predicted molar refractivity (Wildman–Crippen MR) is 159 cm³/mol. The molecule has 1 heterocycles. The van der Waals surface area contributed by atoms with E-state index in [9.17, 15) is 14.4 Å². The molecule has 0 atom stereocenters. The average molecular weight is 550 g/mol. The van der Waals surface area contributed by atoms with E-state index in [1.807, 2.05) is 62.4 Å². The van der Waals surface area contributed by atoms with Gasteiger partial charge in [0.1, 0.15) is 16.4 Å². The minimum atomic E-state index is -0.470. The highest BCUT2D eigenvalue weighted by Crippen LogP contribution is 2.41. The molecule has 4 aromatic carbocycles. The number of benzene rings is 4. The Kier molecular flexibility index (Phi) is 7.70. The quantitative estimate of drug-likeness (QED) is 0.242. The average Bonchev–Trinajstić information content (AvgIpc) is 3.18. The lowest BCUT2D eigenvalue weighted by Gasteiger charge is -2.19. The van der Waals surface area contributed by atoms with Gasteiger partial charge in [-0.15, -0.1) is 0 Å². The van der Waals surface area contributed by atoms with E-state index in [0.29, 0.717) is 28.4 Å². The second-order valence-corrected chi connectivity index (χ2v) is 10.3. The number of nitrogens with one attached hydrogen (secondary N) is 2. The van der Waals surface area contributed by atoms with Crippen molar-refractivity contribution >= 4 is 46.5 Å². The second-order valence-electron chi connectivity index (χ2n) is 9.26. The Morgan fingerprint density at radius 2 is 1.45 bits per heavy atom. The molecule has 5 rings (SSSR count). The van der Waals surface area contributed by atoms with E-state index in [1.165, 1.54) is 18.9 Å². The van der Waals surface area contributed by atoms with Crippen molar-refractivity contribution in [1.82, 2.24) is 0 Å². The van der Waals surface area contributed by atoms with E-state index in [4.69, 9.17) is 4.74 Å². The third kappa shape index (κ3) is 5.62. The summed E-state index contributed by atoms with van der Waals surface area (Å²) in [5.41, 5.74) is 4.39. The van der Waals surface area contributed by atoms with Crippen LogP contribution in [0.4, 0.5) is 17.1 Å². The molecule has 7 nitrogen and oxygen atoms in total. The van der Waals surface area contributed by atoms with Crippen molar-refractivity contribution in [3.05, 3.63) is 124 Å². The van der Waals surface area contributed by atoms with Crippen LogP contribution in [0.3, 0.4) is 0 Å². The molecule has 200 valence electrons. The number of imide groups is 1. The van der Waals surface area contributed by atoms with Gasteiger partial charge in [0.15, 0.2) is 0 Å². The molecule has 0 saturated heterocycles. The summed E-state index contributed by atoms with van der Waals surface area (Å²) < 4.78 is 5.47. The normalized spacial score (nSPS) is 13.0. The van der Waals surface area contributed by atoms with E-state index >= 15 is 0 Å². The predicted octanol–water partition coefficient (Wildman–Crippen LogP) is 6.55. The number of ether oxygens (including phenoxy) is 1. The molecule has 0 spiro atoms. The van der Waals surface area contributed by atoms with Gasteiger partial charge in [0.2, 0.25) is 0 Å². The zero-order valence-corrected chi connectivity index (χ0v) is 23.0. The van der Waals surface area contributed by atoms with Crippen LogP contribution in [-0.2, 0) is 9.59 Å². The van der Waals surface area contributed by atoms with Crippen LogP contribution in [0.5, 0.6) is 5.75 Å². The lowest BCUT2D eigenvalue weighted by molar-refractivity contribution is -0.120. The van der Waals surface area contributed by atoms with Gasteiger partial charge in [-0.1, -0.05) is 53.7 Å². The minimum absolute atomic E-state index is 0.182. The zero-order chi connectivity index (χ0) is 28.2. The first-order valence-corrected chi connectivity index (χ1v) is 13.4. The highest BCUT2D eigenvalue weighted by Gasteiger charge is 2.41. The number of hydrogen-bond donors (Lipinski definition) is 2. The van der Waals surface area contributed by atoms with Gasteiger partial charge < -0.3 is 15.4 Å². The molecule has 0 unspecified atom stereocenters. The van der Waals surface area contributed by atoms with E-state index < -0.39 is 11.8 Å². The molecule has 0 aromatic heterocycles. The Morgan fingerprint density at radius 1 is 0.775 bits per heavy atom. The zero-order valence-electron chi connectivity index (χ0n) is 22.2. The van der Waals surface area contributed by atoms with Crippen LogP contribution in [0.25, 0.3) is 0 Å². The van der Waals surface area contributed by atoms with E-state index in [1.54, 1.807) is 48.5 Å². The Labute approximate surface area is 236 Å². The second kappa shape index (κ2) is 11.5. The molecule has 4 aromatic rings. The first-order chi connectivity index (χ1) is 19.3. The largest absolute Gasteiger partial charge is 0.495 e. The Bertz CT molecular complexity index is 1610. The summed E-state index contributed by atoms with van der Waals surface area (Å²) in [7, 11) is 1.50. The molecule has 0 fully saturated rings. The molecule has 3 amide bonds. The molecule has 8 heteroatoms. The molecule has 40 heavy (non-hydrogen) atoms. The first kappa shape index (κ1) is 26.8. The van der Waals surface area contributed by atoms with Crippen LogP contribution in [0, 0.1) is 13.8 Å². The maximum absolute atomic E-state index is 13.8. The molecule has 2 N–H and O–H groups in total. The maximum atomic E-state index is 13.8. The summed E-state index contributed by atoms with van der Waals surface area (Å²) >= 11 is 1.18. The van der Waals surface area contributed by atoms with E-state index in [0.717, 1.165) is 20.9 Å². The topological polar surface area (TPSA) is 87.7 Å². The van der Waals surface area contributed by atoms with Gasteiger partial charge in [0, 0.05) is 21.8 Å². The van der Waals surface area contributed by atoms with Gasteiger partial charge in [-0.25, -0.2) is 4.90 Å². The van der Waals surface area contributed by atoms with E-state index in [-0.39, 0.29) is 16.5 Å².